The van der Waals surface area contributed by atoms with Crippen molar-refractivity contribution in [3.05, 3.63) is 35.1 Å². The molecule has 0 aromatic heterocycles. The Morgan fingerprint density at radius 1 is 1.05 bits per heavy atom. The summed E-state index contributed by atoms with van der Waals surface area (Å²) in [4.78, 5) is 13.6. The van der Waals surface area contributed by atoms with Crippen LogP contribution in [0.3, 0.4) is 0 Å². The number of alkyl halides is 1. The van der Waals surface area contributed by atoms with Gasteiger partial charge in [0.25, 0.3) is 0 Å². The van der Waals surface area contributed by atoms with Crippen molar-refractivity contribution in [1.29, 1.82) is 0 Å². The topological polar surface area (TPSA) is 20.3 Å². The van der Waals surface area contributed by atoms with Gasteiger partial charge in [0.05, 0.1) is 0 Å². The summed E-state index contributed by atoms with van der Waals surface area (Å²) in [6.45, 7) is 1.13. The van der Waals surface area contributed by atoms with Crippen LogP contribution >= 0.6 is 11.6 Å². The summed E-state index contributed by atoms with van der Waals surface area (Å²) in [6, 6.07) is 1.05. The van der Waals surface area contributed by atoms with Gasteiger partial charge in [-0.15, -0.1) is 11.6 Å². The van der Waals surface area contributed by atoms with Crippen molar-refractivity contribution in [2.24, 2.45) is 0 Å². The minimum atomic E-state index is -1.33. The highest BCUT2D eigenvalue weighted by molar-refractivity contribution is 6.30. The highest BCUT2D eigenvalue weighted by atomic mass is 35.5. The van der Waals surface area contributed by atoms with Crippen LogP contribution in [0.25, 0.3) is 0 Å². The molecule has 1 unspecified atom stereocenters. The first-order chi connectivity index (χ1) is 9.00. The Balaban J connectivity index is 2.21. The van der Waals surface area contributed by atoms with Crippen molar-refractivity contribution in [2.45, 2.75) is 24.6 Å². The first kappa shape index (κ1) is 14.2. The van der Waals surface area contributed by atoms with E-state index in [0.29, 0.717) is 25.2 Å². The van der Waals surface area contributed by atoms with Crippen molar-refractivity contribution in [1.82, 2.24) is 4.90 Å². The van der Waals surface area contributed by atoms with Gasteiger partial charge in [0.1, 0.15) is 11.2 Å². The lowest BCUT2D eigenvalue weighted by molar-refractivity contribution is -0.131. The number of nitrogens with zero attached hydrogens (tertiary/aromatic N) is 1. The lowest BCUT2D eigenvalue weighted by Crippen LogP contribution is -2.37. The molecule has 1 aromatic rings. The fourth-order valence-corrected chi connectivity index (χ4v) is 2.45. The van der Waals surface area contributed by atoms with E-state index < -0.39 is 28.7 Å². The molecule has 1 heterocycles. The van der Waals surface area contributed by atoms with E-state index in [1.165, 1.54) is 4.90 Å². The van der Waals surface area contributed by atoms with Crippen LogP contribution in [0.15, 0.2) is 12.1 Å². The molecule has 2 rings (SSSR count). The Bertz CT molecular complexity index is 489. The Labute approximate surface area is 114 Å². The Morgan fingerprint density at radius 2 is 1.63 bits per heavy atom. The molecule has 1 amide bonds. The Morgan fingerprint density at radius 3 is 2.26 bits per heavy atom. The third-order valence-electron chi connectivity index (χ3n) is 3.20. The molecular weight excluding hydrogens is 279 g/mol. The molecule has 1 aliphatic heterocycles. The van der Waals surface area contributed by atoms with Crippen molar-refractivity contribution < 1.29 is 18.0 Å². The predicted molar refractivity (Wildman–Crippen MR) is 65.3 cm³/mol. The molecule has 19 heavy (non-hydrogen) atoms. The van der Waals surface area contributed by atoms with E-state index in [1.807, 2.05) is 0 Å². The average molecular weight is 292 g/mol. The van der Waals surface area contributed by atoms with Gasteiger partial charge in [0.2, 0.25) is 5.91 Å². The third-order valence-corrected chi connectivity index (χ3v) is 3.62. The number of halogens is 4. The van der Waals surface area contributed by atoms with Gasteiger partial charge in [0, 0.05) is 24.7 Å². The summed E-state index contributed by atoms with van der Waals surface area (Å²) in [6.07, 6.45) is 2.78. The largest absolute Gasteiger partial charge is 0.341 e. The maximum absolute atomic E-state index is 13.5. The van der Waals surface area contributed by atoms with Gasteiger partial charge >= 0.3 is 0 Å². The molecule has 0 aliphatic carbocycles. The molecule has 0 spiro atoms. The molecular formula is C13H13ClF3NO. The van der Waals surface area contributed by atoms with E-state index >= 15 is 0 Å². The number of likely N-dealkylation sites (tertiary alicyclic amines) is 1. The molecule has 2 nitrogen and oxygen atoms in total. The van der Waals surface area contributed by atoms with Crippen LogP contribution in [0.5, 0.6) is 0 Å². The van der Waals surface area contributed by atoms with Gasteiger partial charge in [0.15, 0.2) is 11.6 Å². The molecule has 6 heteroatoms. The standard InChI is InChI=1S/C13H13ClF3NO/c14-12(13(19)18-4-2-1-3-5-18)8-6-10(16)11(17)7-9(8)15/h6-7,12H,1-5H2. The van der Waals surface area contributed by atoms with E-state index in [9.17, 15) is 18.0 Å². The lowest BCUT2D eigenvalue weighted by Gasteiger charge is -2.28. The molecule has 0 radical (unpaired) electrons. The number of benzene rings is 1. The number of piperidine rings is 1. The molecule has 1 aliphatic rings. The second kappa shape index (κ2) is 5.82. The number of carbonyl (C=O) groups excluding carboxylic acids is 1. The molecule has 0 saturated carbocycles. The van der Waals surface area contributed by atoms with Gasteiger partial charge in [-0.1, -0.05) is 0 Å². The molecule has 0 N–H and O–H groups in total. The highest BCUT2D eigenvalue weighted by Crippen LogP contribution is 2.28. The Kier molecular flexibility index (Phi) is 4.34. The quantitative estimate of drug-likeness (QED) is 0.604. The monoisotopic (exact) mass is 291 g/mol. The van der Waals surface area contributed by atoms with Crippen LogP contribution in [0.1, 0.15) is 30.2 Å². The normalized spacial score (nSPS) is 17.4. The van der Waals surface area contributed by atoms with Crippen LogP contribution in [0.2, 0.25) is 0 Å². The van der Waals surface area contributed by atoms with Gasteiger partial charge in [-0.25, -0.2) is 13.2 Å². The van der Waals surface area contributed by atoms with E-state index in [2.05, 4.69) is 0 Å². The minimum Gasteiger partial charge on any atom is -0.341 e. The van der Waals surface area contributed by atoms with Gasteiger partial charge in [-0.3, -0.25) is 4.79 Å². The molecule has 1 fully saturated rings. The zero-order valence-corrected chi connectivity index (χ0v) is 10.9. The summed E-state index contributed by atoms with van der Waals surface area (Å²) < 4.78 is 39.5. The van der Waals surface area contributed by atoms with E-state index in [4.69, 9.17) is 11.6 Å². The first-order valence-corrected chi connectivity index (χ1v) is 6.51. The number of hydrogen-bond acceptors (Lipinski definition) is 1. The predicted octanol–water partition coefficient (Wildman–Crippen LogP) is 3.40. The van der Waals surface area contributed by atoms with Gasteiger partial charge < -0.3 is 4.90 Å². The number of carbonyl (C=O) groups is 1. The zero-order chi connectivity index (χ0) is 14.0. The van der Waals surface area contributed by atoms with Crippen LogP contribution < -0.4 is 0 Å². The van der Waals surface area contributed by atoms with Crippen molar-refractivity contribution in [2.75, 3.05) is 13.1 Å². The summed E-state index contributed by atoms with van der Waals surface area (Å²) in [5.74, 6) is -3.99. The molecule has 1 aromatic carbocycles. The molecule has 1 atom stereocenters. The maximum Gasteiger partial charge on any atom is 0.245 e. The minimum absolute atomic E-state index is 0.323. The zero-order valence-electron chi connectivity index (χ0n) is 10.1. The summed E-state index contributed by atoms with van der Waals surface area (Å²) in [5, 5.41) is -1.33. The maximum atomic E-state index is 13.5. The van der Waals surface area contributed by atoms with Crippen LogP contribution in [-0.2, 0) is 4.79 Å². The van der Waals surface area contributed by atoms with Gasteiger partial charge in [-0.05, 0) is 25.3 Å². The van der Waals surface area contributed by atoms with E-state index in [0.717, 1.165) is 19.3 Å². The second-order valence-electron chi connectivity index (χ2n) is 4.54. The number of amides is 1. The van der Waals surface area contributed by atoms with E-state index in [1.54, 1.807) is 0 Å². The van der Waals surface area contributed by atoms with E-state index in [-0.39, 0.29) is 5.56 Å². The smallest absolute Gasteiger partial charge is 0.245 e. The SMILES string of the molecule is O=C(C(Cl)c1cc(F)c(F)cc1F)N1CCCCC1. The first-order valence-electron chi connectivity index (χ1n) is 6.08. The van der Waals surface area contributed by atoms with Crippen molar-refractivity contribution in [3.63, 3.8) is 0 Å². The van der Waals surface area contributed by atoms with Crippen molar-refractivity contribution in [3.8, 4) is 0 Å². The molecule has 104 valence electrons. The fourth-order valence-electron chi connectivity index (χ4n) is 2.14. The van der Waals surface area contributed by atoms with Gasteiger partial charge in [-0.2, -0.15) is 0 Å². The average Bonchev–Trinajstić information content (AvgIpc) is 2.42. The number of hydrogen-bond donors (Lipinski definition) is 0. The summed E-state index contributed by atoms with van der Waals surface area (Å²) in [7, 11) is 0. The summed E-state index contributed by atoms with van der Waals surface area (Å²) in [5.41, 5.74) is -0.323. The van der Waals surface area contributed by atoms with Crippen LogP contribution in [0.4, 0.5) is 13.2 Å². The highest BCUT2D eigenvalue weighted by Gasteiger charge is 2.28. The fraction of sp³-hybridized carbons (Fsp3) is 0.462. The van der Waals surface area contributed by atoms with Crippen LogP contribution in [-0.4, -0.2) is 23.9 Å². The Hall–Kier alpha value is -1.23. The lowest BCUT2D eigenvalue weighted by atomic mass is 10.1. The van der Waals surface area contributed by atoms with Crippen LogP contribution in [0, 0.1) is 17.5 Å². The summed E-state index contributed by atoms with van der Waals surface area (Å²) >= 11 is 5.90. The van der Waals surface area contributed by atoms with Crippen molar-refractivity contribution >= 4 is 17.5 Å². The number of rotatable bonds is 2. The molecule has 0 bridgehead atoms. The second-order valence-corrected chi connectivity index (χ2v) is 4.97. The third kappa shape index (κ3) is 3.03. The molecule has 1 saturated heterocycles.